The second kappa shape index (κ2) is 13.1. The molecule has 0 aliphatic rings. The van der Waals surface area contributed by atoms with Crippen molar-refractivity contribution in [3.63, 3.8) is 0 Å². The summed E-state index contributed by atoms with van der Waals surface area (Å²) in [6, 6.07) is 12.3. The van der Waals surface area contributed by atoms with E-state index < -0.39 is 21.6 Å². The number of methoxy groups -OCH3 is 1. The maximum Gasteiger partial charge on any atom is 0.243 e. The van der Waals surface area contributed by atoms with Crippen molar-refractivity contribution in [3.05, 3.63) is 59.2 Å². The Bertz CT molecular complexity index is 1220. The molecular formula is C29H43N3O5S. The van der Waals surface area contributed by atoms with Gasteiger partial charge in [-0.1, -0.05) is 31.2 Å². The van der Waals surface area contributed by atoms with Gasteiger partial charge in [0.2, 0.25) is 21.8 Å². The number of hydrogen-bond donors (Lipinski definition) is 1. The highest BCUT2D eigenvalue weighted by atomic mass is 32.2. The first-order valence-electron chi connectivity index (χ1n) is 13.0. The second-order valence-corrected chi connectivity index (χ2v) is 12.6. The van der Waals surface area contributed by atoms with Gasteiger partial charge in [0.1, 0.15) is 11.8 Å². The number of anilines is 1. The standard InChI is InChI=1S/C29H43N3O5S/c1-9-25(28(34)30-29(4,5)6)31(20-23-14-11-15-24(19-23)37-7)27(33)17-12-18-32(38(8,35)36)26-16-10-13-21(2)22(26)3/h10-11,13-16,19,25H,9,12,17-18,20H2,1-8H3,(H,30,34). The van der Waals surface area contributed by atoms with Gasteiger partial charge in [-0.3, -0.25) is 13.9 Å². The number of rotatable bonds is 12. The van der Waals surface area contributed by atoms with Crippen molar-refractivity contribution in [1.82, 2.24) is 10.2 Å². The molecule has 0 radical (unpaired) electrons. The summed E-state index contributed by atoms with van der Waals surface area (Å²) in [5.74, 6) is 0.238. The van der Waals surface area contributed by atoms with Crippen molar-refractivity contribution in [3.8, 4) is 5.75 Å². The Kier molecular flexibility index (Phi) is 10.8. The molecule has 1 N–H and O–H groups in total. The third kappa shape index (κ3) is 8.75. The number of ether oxygens (including phenoxy) is 1. The molecule has 2 aromatic carbocycles. The van der Waals surface area contributed by atoms with Gasteiger partial charge in [-0.25, -0.2) is 8.42 Å². The lowest BCUT2D eigenvalue weighted by Crippen LogP contribution is -2.53. The molecule has 0 heterocycles. The number of carbonyl (C=O) groups excluding carboxylic acids is 2. The molecule has 0 spiro atoms. The predicted octanol–water partition coefficient (Wildman–Crippen LogP) is 4.58. The summed E-state index contributed by atoms with van der Waals surface area (Å²) < 4.78 is 32.0. The van der Waals surface area contributed by atoms with E-state index in [-0.39, 0.29) is 31.3 Å². The van der Waals surface area contributed by atoms with Crippen molar-refractivity contribution in [2.24, 2.45) is 0 Å². The molecule has 2 aromatic rings. The number of carbonyl (C=O) groups is 2. The number of nitrogens with one attached hydrogen (secondary N) is 1. The van der Waals surface area contributed by atoms with E-state index in [4.69, 9.17) is 4.74 Å². The number of amides is 2. The summed E-state index contributed by atoms with van der Waals surface area (Å²) in [4.78, 5) is 28.4. The fourth-order valence-electron chi connectivity index (χ4n) is 4.33. The van der Waals surface area contributed by atoms with Crippen LogP contribution in [0.5, 0.6) is 5.75 Å². The van der Waals surface area contributed by atoms with E-state index in [0.717, 1.165) is 16.7 Å². The van der Waals surface area contributed by atoms with Crippen LogP contribution >= 0.6 is 0 Å². The zero-order valence-corrected chi connectivity index (χ0v) is 24.8. The van der Waals surface area contributed by atoms with Gasteiger partial charge in [-0.05, 0) is 82.3 Å². The lowest BCUT2D eigenvalue weighted by atomic mass is 10.0. The van der Waals surface area contributed by atoms with Crippen LogP contribution in [0.2, 0.25) is 0 Å². The summed E-state index contributed by atoms with van der Waals surface area (Å²) in [6.07, 6.45) is 2.02. The van der Waals surface area contributed by atoms with Crippen molar-refractivity contribution >= 4 is 27.5 Å². The second-order valence-electron chi connectivity index (χ2n) is 10.7. The SMILES string of the molecule is CCC(C(=O)NC(C)(C)C)N(Cc1cccc(OC)c1)C(=O)CCCN(c1cccc(C)c1C)S(C)(=O)=O. The molecule has 0 saturated heterocycles. The number of benzene rings is 2. The van der Waals surface area contributed by atoms with E-state index in [1.165, 1.54) is 10.6 Å². The molecule has 1 unspecified atom stereocenters. The fourth-order valence-corrected chi connectivity index (χ4v) is 5.34. The van der Waals surface area contributed by atoms with Gasteiger partial charge in [-0.2, -0.15) is 0 Å². The molecule has 2 rings (SSSR count). The highest BCUT2D eigenvalue weighted by Gasteiger charge is 2.31. The molecule has 1 atom stereocenters. The minimum absolute atomic E-state index is 0.0974. The normalized spacial score (nSPS) is 12.5. The summed E-state index contributed by atoms with van der Waals surface area (Å²) in [5, 5.41) is 3.00. The van der Waals surface area contributed by atoms with Crippen LogP contribution in [0.15, 0.2) is 42.5 Å². The monoisotopic (exact) mass is 545 g/mol. The minimum Gasteiger partial charge on any atom is -0.497 e. The molecular weight excluding hydrogens is 502 g/mol. The summed E-state index contributed by atoms with van der Waals surface area (Å²) in [6.45, 7) is 11.8. The Morgan fingerprint density at radius 3 is 2.32 bits per heavy atom. The van der Waals surface area contributed by atoms with Gasteiger partial charge in [0.25, 0.3) is 0 Å². The molecule has 0 fully saturated rings. The molecule has 0 aromatic heterocycles. The van der Waals surface area contributed by atoms with Gasteiger partial charge in [0.05, 0.1) is 19.1 Å². The van der Waals surface area contributed by atoms with Gasteiger partial charge < -0.3 is 15.0 Å². The largest absolute Gasteiger partial charge is 0.497 e. The topological polar surface area (TPSA) is 96.0 Å². The number of hydrogen-bond acceptors (Lipinski definition) is 5. The van der Waals surface area contributed by atoms with Crippen LogP contribution in [0.4, 0.5) is 5.69 Å². The van der Waals surface area contributed by atoms with Crippen LogP contribution in [0.25, 0.3) is 0 Å². The van der Waals surface area contributed by atoms with Crippen molar-refractivity contribution < 1.29 is 22.7 Å². The number of nitrogens with zero attached hydrogens (tertiary/aromatic N) is 2. The zero-order chi connectivity index (χ0) is 28.7. The van der Waals surface area contributed by atoms with Crippen molar-refractivity contribution in [2.75, 3.05) is 24.2 Å². The Balaban J connectivity index is 2.29. The fraction of sp³-hybridized carbons (Fsp3) is 0.517. The van der Waals surface area contributed by atoms with Gasteiger partial charge in [-0.15, -0.1) is 0 Å². The number of aryl methyl sites for hydroxylation is 1. The third-order valence-electron chi connectivity index (χ3n) is 6.37. The predicted molar refractivity (Wildman–Crippen MR) is 153 cm³/mol. The first kappa shape index (κ1) is 31.1. The highest BCUT2D eigenvalue weighted by molar-refractivity contribution is 7.92. The summed E-state index contributed by atoms with van der Waals surface area (Å²) in [7, 11) is -1.98. The van der Waals surface area contributed by atoms with Crippen LogP contribution in [0.3, 0.4) is 0 Å². The first-order valence-corrected chi connectivity index (χ1v) is 14.8. The molecule has 0 aliphatic carbocycles. The van der Waals surface area contributed by atoms with Gasteiger partial charge in [0.15, 0.2) is 0 Å². The lowest BCUT2D eigenvalue weighted by Gasteiger charge is -2.33. The van der Waals surface area contributed by atoms with Gasteiger partial charge >= 0.3 is 0 Å². The van der Waals surface area contributed by atoms with E-state index in [9.17, 15) is 18.0 Å². The molecule has 210 valence electrons. The average Bonchev–Trinajstić information content (AvgIpc) is 2.82. The summed E-state index contributed by atoms with van der Waals surface area (Å²) in [5.41, 5.74) is 2.88. The van der Waals surface area contributed by atoms with Crippen LogP contribution in [0, 0.1) is 13.8 Å². The Morgan fingerprint density at radius 1 is 1.08 bits per heavy atom. The first-order chi connectivity index (χ1) is 17.7. The molecule has 0 bridgehead atoms. The minimum atomic E-state index is -3.56. The average molecular weight is 546 g/mol. The van der Waals surface area contributed by atoms with Crippen molar-refractivity contribution in [2.45, 2.75) is 78.9 Å². The lowest BCUT2D eigenvalue weighted by molar-refractivity contribution is -0.142. The van der Waals surface area contributed by atoms with E-state index in [1.54, 1.807) is 18.1 Å². The molecule has 0 saturated carbocycles. The van der Waals surface area contributed by atoms with Crippen LogP contribution < -0.4 is 14.4 Å². The molecule has 8 nitrogen and oxygen atoms in total. The van der Waals surface area contributed by atoms with E-state index in [2.05, 4.69) is 5.32 Å². The smallest absolute Gasteiger partial charge is 0.243 e. The maximum absolute atomic E-state index is 13.6. The Labute approximate surface area is 228 Å². The van der Waals surface area contributed by atoms with Gasteiger partial charge in [0, 0.05) is 25.0 Å². The highest BCUT2D eigenvalue weighted by Crippen LogP contribution is 2.26. The Morgan fingerprint density at radius 2 is 1.74 bits per heavy atom. The van der Waals surface area contributed by atoms with E-state index in [1.807, 2.05) is 77.9 Å². The molecule has 2 amide bonds. The quantitative estimate of drug-likeness (QED) is 0.421. The van der Waals surface area contributed by atoms with Crippen LogP contribution in [-0.2, 0) is 26.2 Å². The van der Waals surface area contributed by atoms with Crippen molar-refractivity contribution in [1.29, 1.82) is 0 Å². The van der Waals surface area contributed by atoms with E-state index in [0.29, 0.717) is 24.3 Å². The maximum atomic E-state index is 13.6. The zero-order valence-electron chi connectivity index (χ0n) is 24.0. The molecule has 0 aliphatic heterocycles. The third-order valence-corrected chi connectivity index (χ3v) is 7.55. The molecule has 9 heteroatoms. The number of sulfonamides is 1. The molecule has 38 heavy (non-hydrogen) atoms. The Hall–Kier alpha value is -3.07. The van der Waals surface area contributed by atoms with Crippen LogP contribution in [0.1, 0.15) is 63.6 Å². The summed E-state index contributed by atoms with van der Waals surface area (Å²) >= 11 is 0. The van der Waals surface area contributed by atoms with Crippen LogP contribution in [-0.4, -0.2) is 56.6 Å². The van der Waals surface area contributed by atoms with E-state index >= 15 is 0 Å².